The summed E-state index contributed by atoms with van der Waals surface area (Å²) in [6.07, 6.45) is 0.399. The number of H-pyrrole nitrogens is 1. The van der Waals surface area contributed by atoms with Crippen molar-refractivity contribution < 1.29 is 24.5 Å². The molecule has 1 fully saturated rings. The molecule has 1 amide bonds. The molecule has 0 aromatic carbocycles. The molecule has 0 saturated carbocycles. The van der Waals surface area contributed by atoms with E-state index < -0.39 is 48.3 Å². The molecule has 11 nitrogen and oxygen atoms in total. The lowest BCUT2D eigenvalue weighted by Crippen LogP contribution is -2.41. The number of aliphatic hydroxyl groups excluding tert-OH is 2. The van der Waals surface area contributed by atoms with E-state index in [-0.39, 0.29) is 5.56 Å². The van der Waals surface area contributed by atoms with Crippen molar-refractivity contribution in [3.05, 3.63) is 32.6 Å². The second kappa shape index (κ2) is 10.5. The summed E-state index contributed by atoms with van der Waals surface area (Å²) in [5, 5.41) is 22.1. The van der Waals surface area contributed by atoms with Crippen LogP contribution in [0.15, 0.2) is 15.8 Å². The van der Waals surface area contributed by atoms with Gasteiger partial charge in [0.1, 0.15) is 23.9 Å². The number of hydrogen-bond acceptors (Lipinski definition) is 8. The molecule has 0 unspecified atom stereocenters. The maximum atomic E-state index is 12.3. The standard InChI is InChI=1S/C17H28N4O7/c1-27-13-12(23)11(9-22)28-16(13)21-8-10(15(25)20-17(21)26)14(24)19-7-5-3-2-4-6-18/h8,11-13,16,22-23H,2-7,9,18H2,1H3,(H,19,24)(H,20,25,26)/t11-,12-,13-,16-/m1/s1. The van der Waals surface area contributed by atoms with Crippen LogP contribution in [0, 0.1) is 0 Å². The maximum Gasteiger partial charge on any atom is 0.330 e. The lowest BCUT2D eigenvalue weighted by molar-refractivity contribution is -0.0626. The van der Waals surface area contributed by atoms with Gasteiger partial charge in [-0.25, -0.2) is 4.79 Å². The Balaban J connectivity index is 2.15. The third kappa shape index (κ3) is 5.06. The SMILES string of the molecule is CO[C@@H]1[C@H](O)[C@@H](CO)O[C@H]1n1cc(C(=O)NCCCCCCN)c(=O)[nH]c1=O. The Morgan fingerprint density at radius 2 is 2.07 bits per heavy atom. The van der Waals surface area contributed by atoms with Gasteiger partial charge in [0.05, 0.1) is 6.61 Å². The monoisotopic (exact) mass is 400 g/mol. The topological polar surface area (TPSA) is 169 Å². The first-order chi connectivity index (χ1) is 13.4. The number of methoxy groups -OCH3 is 1. The van der Waals surface area contributed by atoms with Crippen LogP contribution in [0.1, 0.15) is 42.3 Å². The van der Waals surface area contributed by atoms with Gasteiger partial charge in [-0.3, -0.25) is 19.1 Å². The van der Waals surface area contributed by atoms with Crippen molar-refractivity contribution in [2.24, 2.45) is 5.73 Å². The minimum absolute atomic E-state index is 0.262. The number of carbonyl (C=O) groups is 1. The largest absolute Gasteiger partial charge is 0.394 e. The van der Waals surface area contributed by atoms with Gasteiger partial charge in [-0.05, 0) is 19.4 Å². The van der Waals surface area contributed by atoms with E-state index in [4.69, 9.17) is 15.2 Å². The van der Waals surface area contributed by atoms with Crippen LogP contribution in [0.5, 0.6) is 0 Å². The van der Waals surface area contributed by atoms with E-state index in [9.17, 15) is 24.6 Å². The fourth-order valence-corrected chi connectivity index (χ4v) is 3.10. The van der Waals surface area contributed by atoms with Crippen molar-refractivity contribution in [2.45, 2.75) is 50.2 Å². The number of amides is 1. The Hall–Kier alpha value is -2.05. The summed E-state index contributed by atoms with van der Waals surface area (Å²) in [4.78, 5) is 38.7. The number of aliphatic hydroxyl groups is 2. The summed E-state index contributed by atoms with van der Waals surface area (Å²) < 4.78 is 11.6. The predicted octanol–water partition coefficient (Wildman–Crippen LogP) is -1.95. The summed E-state index contributed by atoms with van der Waals surface area (Å²) in [6.45, 7) is 0.530. The zero-order valence-electron chi connectivity index (χ0n) is 15.8. The number of nitrogens with one attached hydrogen (secondary N) is 2. The molecule has 11 heteroatoms. The Labute approximate surface area is 161 Å². The van der Waals surface area contributed by atoms with Crippen LogP contribution in [0.4, 0.5) is 0 Å². The first-order valence-electron chi connectivity index (χ1n) is 9.25. The van der Waals surface area contributed by atoms with Crippen molar-refractivity contribution in [2.75, 3.05) is 26.8 Å². The average molecular weight is 400 g/mol. The highest BCUT2D eigenvalue weighted by Gasteiger charge is 2.45. The van der Waals surface area contributed by atoms with Gasteiger partial charge < -0.3 is 30.7 Å². The molecule has 0 spiro atoms. The third-order valence-corrected chi connectivity index (χ3v) is 4.67. The molecule has 158 valence electrons. The normalized spacial score (nSPS) is 24.4. The van der Waals surface area contributed by atoms with Crippen LogP contribution in [-0.2, 0) is 9.47 Å². The minimum Gasteiger partial charge on any atom is -0.394 e. The van der Waals surface area contributed by atoms with Crippen molar-refractivity contribution >= 4 is 5.91 Å². The maximum absolute atomic E-state index is 12.3. The van der Waals surface area contributed by atoms with Gasteiger partial charge in [-0.15, -0.1) is 0 Å². The van der Waals surface area contributed by atoms with E-state index in [0.717, 1.165) is 36.4 Å². The summed E-state index contributed by atoms with van der Waals surface area (Å²) in [5.74, 6) is -0.625. The van der Waals surface area contributed by atoms with E-state index in [1.807, 2.05) is 0 Å². The average Bonchev–Trinajstić information content (AvgIpc) is 2.99. The Kier molecular flexibility index (Phi) is 8.33. The zero-order chi connectivity index (χ0) is 20.7. The van der Waals surface area contributed by atoms with Crippen molar-refractivity contribution in [1.29, 1.82) is 0 Å². The molecule has 0 aliphatic carbocycles. The molecule has 0 bridgehead atoms. The molecule has 1 aromatic heterocycles. The summed E-state index contributed by atoms with van der Waals surface area (Å²) in [7, 11) is 1.32. The number of hydrogen-bond donors (Lipinski definition) is 5. The fourth-order valence-electron chi connectivity index (χ4n) is 3.10. The molecule has 1 saturated heterocycles. The molecule has 1 aromatic rings. The van der Waals surface area contributed by atoms with Gasteiger partial charge in [-0.1, -0.05) is 12.8 Å². The van der Waals surface area contributed by atoms with Crippen LogP contribution >= 0.6 is 0 Å². The van der Waals surface area contributed by atoms with E-state index in [0.29, 0.717) is 13.1 Å². The van der Waals surface area contributed by atoms with Gasteiger partial charge in [-0.2, -0.15) is 0 Å². The highest BCUT2D eigenvalue weighted by molar-refractivity contribution is 5.93. The number of unbranched alkanes of at least 4 members (excludes halogenated alkanes) is 3. The molecule has 6 N–H and O–H groups in total. The van der Waals surface area contributed by atoms with E-state index in [1.54, 1.807) is 0 Å². The van der Waals surface area contributed by atoms with Gasteiger partial charge >= 0.3 is 5.69 Å². The molecule has 2 heterocycles. The summed E-state index contributed by atoms with van der Waals surface area (Å²) in [5.41, 5.74) is 3.52. The fraction of sp³-hybridized carbons (Fsp3) is 0.706. The smallest absolute Gasteiger partial charge is 0.330 e. The van der Waals surface area contributed by atoms with Crippen LogP contribution in [0.3, 0.4) is 0 Å². The second-order valence-corrected chi connectivity index (χ2v) is 6.61. The lowest BCUT2D eigenvalue weighted by atomic mass is 10.1. The minimum atomic E-state index is -1.18. The van der Waals surface area contributed by atoms with E-state index in [2.05, 4.69) is 10.3 Å². The second-order valence-electron chi connectivity index (χ2n) is 6.61. The lowest BCUT2D eigenvalue weighted by Gasteiger charge is -2.20. The number of nitrogens with zero attached hydrogens (tertiary/aromatic N) is 1. The van der Waals surface area contributed by atoms with Gasteiger partial charge in [0, 0.05) is 19.9 Å². The number of rotatable bonds is 10. The Morgan fingerprint density at radius 3 is 2.71 bits per heavy atom. The van der Waals surface area contributed by atoms with Crippen LogP contribution < -0.4 is 22.3 Å². The summed E-state index contributed by atoms with van der Waals surface area (Å²) >= 11 is 0. The molecular weight excluding hydrogens is 372 g/mol. The number of ether oxygens (including phenoxy) is 2. The number of aromatic nitrogens is 2. The number of aromatic amines is 1. The van der Waals surface area contributed by atoms with Crippen molar-refractivity contribution in [1.82, 2.24) is 14.9 Å². The molecular formula is C17H28N4O7. The number of nitrogens with two attached hydrogens (primary N) is 1. The zero-order valence-corrected chi connectivity index (χ0v) is 15.8. The van der Waals surface area contributed by atoms with E-state index in [1.165, 1.54) is 7.11 Å². The van der Waals surface area contributed by atoms with Gasteiger partial charge in [0.15, 0.2) is 6.23 Å². The quantitative estimate of drug-likeness (QED) is 0.282. The Bertz CT molecular complexity index is 763. The van der Waals surface area contributed by atoms with Crippen molar-refractivity contribution in [3.63, 3.8) is 0 Å². The summed E-state index contributed by atoms with van der Waals surface area (Å²) in [6, 6.07) is 0. The molecule has 1 aliphatic heterocycles. The molecule has 0 radical (unpaired) electrons. The van der Waals surface area contributed by atoms with Crippen LogP contribution in [0.2, 0.25) is 0 Å². The Morgan fingerprint density at radius 1 is 1.36 bits per heavy atom. The molecule has 1 aliphatic rings. The van der Waals surface area contributed by atoms with Gasteiger partial charge in [0.2, 0.25) is 0 Å². The predicted molar refractivity (Wildman–Crippen MR) is 99.0 cm³/mol. The first kappa shape index (κ1) is 22.2. The third-order valence-electron chi connectivity index (χ3n) is 4.67. The van der Waals surface area contributed by atoms with Crippen molar-refractivity contribution in [3.8, 4) is 0 Å². The van der Waals surface area contributed by atoms with Crippen LogP contribution in [-0.4, -0.2) is 70.8 Å². The molecule has 2 rings (SSSR count). The highest BCUT2D eigenvalue weighted by Crippen LogP contribution is 2.30. The van der Waals surface area contributed by atoms with E-state index >= 15 is 0 Å². The van der Waals surface area contributed by atoms with Gasteiger partial charge in [0.25, 0.3) is 11.5 Å². The first-order valence-corrected chi connectivity index (χ1v) is 9.25. The van der Waals surface area contributed by atoms with Crippen LogP contribution in [0.25, 0.3) is 0 Å². The molecule has 4 atom stereocenters. The molecule has 28 heavy (non-hydrogen) atoms. The highest BCUT2D eigenvalue weighted by atomic mass is 16.6. The number of carbonyl (C=O) groups excluding carboxylic acids is 1.